The number of rotatable bonds is 4. The van der Waals surface area contributed by atoms with Crippen molar-refractivity contribution in [3.63, 3.8) is 0 Å². The van der Waals surface area contributed by atoms with Crippen LogP contribution in [-0.2, 0) is 0 Å². The first-order valence-corrected chi connectivity index (χ1v) is 5.37. The van der Waals surface area contributed by atoms with Crippen LogP contribution in [0.2, 0.25) is 0 Å². The van der Waals surface area contributed by atoms with Gasteiger partial charge in [-0.15, -0.1) is 11.6 Å². The second kappa shape index (κ2) is 9.62. The highest BCUT2D eigenvalue weighted by Gasteiger charge is 1.98. The molecule has 15 heavy (non-hydrogen) atoms. The van der Waals surface area contributed by atoms with Crippen LogP contribution in [0.4, 0.5) is 0 Å². The van der Waals surface area contributed by atoms with Gasteiger partial charge in [-0.3, -0.25) is 0 Å². The minimum Gasteiger partial charge on any atom is -0.504 e. The summed E-state index contributed by atoms with van der Waals surface area (Å²) in [5.74, 6) is 1.27. The Morgan fingerprint density at radius 3 is 2.47 bits per heavy atom. The fourth-order valence-electron chi connectivity index (χ4n) is 0.816. The zero-order chi connectivity index (χ0) is 11.5. The van der Waals surface area contributed by atoms with Crippen LogP contribution in [0.25, 0.3) is 0 Å². The first-order chi connectivity index (χ1) is 7.26. The Kier molecular flexibility index (Phi) is 9.02. The molecule has 1 aromatic rings. The molecule has 0 amide bonds. The molecule has 0 spiro atoms. The number of aromatic hydroxyl groups is 1. The fourth-order valence-corrected chi connectivity index (χ4v) is 0.925. The lowest BCUT2D eigenvalue weighted by atomic mass is 10.3. The number of halogens is 1. The SMILES string of the molecule is CCO.Oc1ccccc1OCCCCl. The highest BCUT2D eigenvalue weighted by Crippen LogP contribution is 2.24. The standard InChI is InChI=1S/C9H11ClO2.C2H6O/c10-6-3-7-12-9-5-2-1-4-8(9)11;1-2-3/h1-2,4-5,11H,3,6-7H2;3H,2H2,1H3. The normalized spacial score (nSPS) is 9.00. The summed E-state index contributed by atoms with van der Waals surface area (Å²) in [6.45, 7) is 2.47. The lowest BCUT2D eigenvalue weighted by Crippen LogP contribution is -1.97. The lowest BCUT2D eigenvalue weighted by molar-refractivity contribution is 0.300. The van der Waals surface area contributed by atoms with E-state index >= 15 is 0 Å². The van der Waals surface area contributed by atoms with Crippen LogP contribution in [0.15, 0.2) is 24.3 Å². The molecule has 0 saturated carbocycles. The molecule has 86 valence electrons. The molecule has 4 heteroatoms. The predicted octanol–water partition coefficient (Wildman–Crippen LogP) is 2.40. The van der Waals surface area contributed by atoms with E-state index in [4.69, 9.17) is 21.4 Å². The predicted molar refractivity (Wildman–Crippen MR) is 61.7 cm³/mol. The number of phenolic OH excluding ortho intramolecular Hbond substituents is 1. The van der Waals surface area contributed by atoms with Crippen molar-refractivity contribution in [2.24, 2.45) is 0 Å². The topological polar surface area (TPSA) is 49.7 Å². The Bertz CT molecular complexity index is 253. The van der Waals surface area contributed by atoms with Crippen LogP contribution in [0, 0.1) is 0 Å². The van der Waals surface area contributed by atoms with Gasteiger partial charge in [0, 0.05) is 12.5 Å². The van der Waals surface area contributed by atoms with Crippen molar-refractivity contribution < 1.29 is 14.9 Å². The summed E-state index contributed by atoms with van der Waals surface area (Å²) < 4.78 is 5.24. The van der Waals surface area contributed by atoms with Crippen LogP contribution < -0.4 is 4.74 Å². The molecule has 3 nitrogen and oxygen atoms in total. The van der Waals surface area contributed by atoms with Gasteiger partial charge in [0.1, 0.15) is 0 Å². The van der Waals surface area contributed by atoms with Crippen LogP contribution in [0.1, 0.15) is 13.3 Å². The summed E-state index contributed by atoms with van der Waals surface area (Å²) in [4.78, 5) is 0. The van der Waals surface area contributed by atoms with Gasteiger partial charge >= 0.3 is 0 Å². The number of benzene rings is 1. The summed E-state index contributed by atoms with van der Waals surface area (Å²) in [6.07, 6.45) is 0.788. The molecule has 1 aromatic carbocycles. The van der Waals surface area contributed by atoms with Gasteiger partial charge < -0.3 is 14.9 Å². The maximum atomic E-state index is 9.25. The number of aliphatic hydroxyl groups is 1. The minimum absolute atomic E-state index is 0.173. The van der Waals surface area contributed by atoms with Gasteiger partial charge in [-0.05, 0) is 25.5 Å². The van der Waals surface area contributed by atoms with Crippen LogP contribution in [0.3, 0.4) is 0 Å². The molecule has 0 unspecified atom stereocenters. The van der Waals surface area contributed by atoms with E-state index in [1.54, 1.807) is 25.1 Å². The van der Waals surface area contributed by atoms with Crippen molar-refractivity contribution in [1.29, 1.82) is 0 Å². The molecular weight excluding hydrogens is 216 g/mol. The maximum Gasteiger partial charge on any atom is 0.160 e. The molecule has 0 saturated heterocycles. The van der Waals surface area contributed by atoms with Gasteiger partial charge in [0.05, 0.1) is 6.61 Å². The Morgan fingerprint density at radius 2 is 1.93 bits per heavy atom. The van der Waals surface area contributed by atoms with E-state index < -0.39 is 0 Å². The lowest BCUT2D eigenvalue weighted by Gasteiger charge is -2.05. The number of para-hydroxylation sites is 2. The summed E-state index contributed by atoms with van der Waals surface area (Å²) in [5.41, 5.74) is 0. The Labute approximate surface area is 95.3 Å². The zero-order valence-electron chi connectivity index (χ0n) is 8.82. The van der Waals surface area contributed by atoms with E-state index in [9.17, 15) is 5.11 Å². The molecule has 0 heterocycles. The third kappa shape index (κ3) is 7.05. The van der Waals surface area contributed by atoms with Crippen molar-refractivity contribution in [3.8, 4) is 11.5 Å². The smallest absolute Gasteiger partial charge is 0.160 e. The van der Waals surface area contributed by atoms with Gasteiger partial charge in [0.15, 0.2) is 11.5 Å². The van der Waals surface area contributed by atoms with Crippen molar-refractivity contribution >= 4 is 11.6 Å². The summed E-state index contributed by atoms with van der Waals surface area (Å²) in [7, 11) is 0. The van der Waals surface area contributed by atoms with E-state index in [1.807, 2.05) is 6.07 Å². The highest BCUT2D eigenvalue weighted by molar-refractivity contribution is 6.17. The first-order valence-electron chi connectivity index (χ1n) is 4.83. The maximum absolute atomic E-state index is 9.25. The second-order valence-corrected chi connectivity index (χ2v) is 3.05. The average Bonchev–Trinajstić information content (AvgIpc) is 2.22. The van der Waals surface area contributed by atoms with E-state index in [1.165, 1.54) is 0 Å². The zero-order valence-corrected chi connectivity index (χ0v) is 9.57. The average molecular weight is 233 g/mol. The molecule has 0 aliphatic rings. The quantitative estimate of drug-likeness (QED) is 0.619. The summed E-state index contributed by atoms with van der Waals surface area (Å²) in [6, 6.07) is 6.89. The number of hydrogen-bond donors (Lipinski definition) is 2. The number of ether oxygens (including phenoxy) is 1. The molecule has 0 aromatic heterocycles. The molecule has 0 aliphatic heterocycles. The van der Waals surface area contributed by atoms with Crippen molar-refractivity contribution in [2.75, 3.05) is 19.1 Å². The largest absolute Gasteiger partial charge is 0.504 e. The first kappa shape index (κ1) is 14.1. The molecule has 0 fully saturated rings. The van der Waals surface area contributed by atoms with Crippen LogP contribution >= 0.6 is 11.6 Å². The monoisotopic (exact) mass is 232 g/mol. The molecule has 0 radical (unpaired) electrons. The van der Waals surface area contributed by atoms with Gasteiger partial charge in [0.2, 0.25) is 0 Å². The van der Waals surface area contributed by atoms with Gasteiger partial charge in [-0.2, -0.15) is 0 Å². The van der Waals surface area contributed by atoms with E-state index in [2.05, 4.69) is 0 Å². The summed E-state index contributed by atoms with van der Waals surface area (Å²) in [5, 5.41) is 16.8. The van der Waals surface area contributed by atoms with E-state index in [0.717, 1.165) is 6.42 Å². The van der Waals surface area contributed by atoms with E-state index in [-0.39, 0.29) is 12.4 Å². The van der Waals surface area contributed by atoms with Crippen molar-refractivity contribution in [3.05, 3.63) is 24.3 Å². The molecule has 1 rings (SSSR count). The van der Waals surface area contributed by atoms with E-state index in [0.29, 0.717) is 18.2 Å². The van der Waals surface area contributed by atoms with Crippen molar-refractivity contribution in [1.82, 2.24) is 0 Å². The van der Waals surface area contributed by atoms with Crippen LogP contribution in [0.5, 0.6) is 11.5 Å². The number of hydrogen-bond acceptors (Lipinski definition) is 3. The summed E-state index contributed by atoms with van der Waals surface area (Å²) >= 11 is 5.47. The molecule has 0 aliphatic carbocycles. The Balaban J connectivity index is 0.000000583. The Morgan fingerprint density at radius 1 is 1.33 bits per heavy atom. The van der Waals surface area contributed by atoms with Crippen molar-refractivity contribution in [2.45, 2.75) is 13.3 Å². The second-order valence-electron chi connectivity index (χ2n) is 2.67. The number of phenols is 1. The highest BCUT2D eigenvalue weighted by atomic mass is 35.5. The van der Waals surface area contributed by atoms with Crippen LogP contribution in [-0.4, -0.2) is 29.3 Å². The number of aliphatic hydroxyl groups excluding tert-OH is 1. The third-order valence-corrected chi connectivity index (χ3v) is 1.67. The number of alkyl halides is 1. The molecule has 2 N–H and O–H groups in total. The minimum atomic E-state index is 0.173. The molecular formula is C11H17ClO3. The van der Waals surface area contributed by atoms with Gasteiger partial charge in [-0.25, -0.2) is 0 Å². The third-order valence-electron chi connectivity index (χ3n) is 1.40. The van der Waals surface area contributed by atoms with Gasteiger partial charge in [0.25, 0.3) is 0 Å². The Hall–Kier alpha value is -0.930. The molecule has 0 bridgehead atoms. The fraction of sp³-hybridized carbons (Fsp3) is 0.455. The molecule has 0 atom stereocenters. The van der Waals surface area contributed by atoms with Gasteiger partial charge in [-0.1, -0.05) is 12.1 Å².